The number of hydrogen-bond acceptors (Lipinski definition) is 4. The summed E-state index contributed by atoms with van der Waals surface area (Å²) in [5.74, 6) is 0.291. The van der Waals surface area contributed by atoms with Crippen LogP contribution in [0.2, 0.25) is 0 Å². The molecule has 0 unspecified atom stereocenters. The zero-order valence-electron chi connectivity index (χ0n) is 11.1. The van der Waals surface area contributed by atoms with Gasteiger partial charge in [0.15, 0.2) is 11.5 Å². The van der Waals surface area contributed by atoms with E-state index in [0.29, 0.717) is 30.4 Å². The van der Waals surface area contributed by atoms with Crippen molar-refractivity contribution in [3.63, 3.8) is 0 Å². The van der Waals surface area contributed by atoms with Crippen molar-refractivity contribution >= 4 is 17.7 Å². The van der Waals surface area contributed by atoms with Crippen molar-refractivity contribution in [2.45, 2.75) is 6.42 Å². The fraction of sp³-hybridized carbons (Fsp3) is 0.385. The van der Waals surface area contributed by atoms with Crippen molar-refractivity contribution in [3.05, 3.63) is 18.2 Å². The molecule has 2 amide bonds. The molecule has 0 spiro atoms. The van der Waals surface area contributed by atoms with Crippen LogP contribution in [0.4, 0.5) is 10.5 Å². The number of rotatable bonds is 4. The SMILES string of the molecule is CN(CCC(=O)O)C(=O)Nc1ccc2c(c1)OCCO2. The van der Waals surface area contributed by atoms with Crippen LogP contribution in [-0.2, 0) is 4.79 Å². The van der Waals surface area contributed by atoms with Gasteiger partial charge >= 0.3 is 12.0 Å². The summed E-state index contributed by atoms with van der Waals surface area (Å²) in [5.41, 5.74) is 0.571. The topological polar surface area (TPSA) is 88.1 Å². The van der Waals surface area contributed by atoms with Crippen LogP contribution in [0.15, 0.2) is 18.2 Å². The number of benzene rings is 1. The quantitative estimate of drug-likeness (QED) is 0.870. The standard InChI is InChI=1S/C13H16N2O5/c1-15(5-4-12(16)17)13(18)14-9-2-3-10-11(8-9)20-7-6-19-10/h2-3,8H,4-7H2,1H3,(H,14,18)(H,16,17). The minimum atomic E-state index is -0.941. The van der Waals surface area contributed by atoms with E-state index in [1.54, 1.807) is 18.2 Å². The predicted molar refractivity (Wildman–Crippen MR) is 71.3 cm³/mol. The predicted octanol–water partition coefficient (Wildman–Crippen LogP) is 1.40. The fourth-order valence-corrected chi connectivity index (χ4v) is 1.70. The van der Waals surface area contributed by atoms with E-state index in [-0.39, 0.29) is 19.0 Å². The number of aliphatic carboxylic acids is 1. The fourth-order valence-electron chi connectivity index (χ4n) is 1.70. The monoisotopic (exact) mass is 280 g/mol. The van der Waals surface area contributed by atoms with Crippen molar-refractivity contribution in [3.8, 4) is 11.5 Å². The average Bonchev–Trinajstić information content (AvgIpc) is 2.44. The maximum atomic E-state index is 11.8. The van der Waals surface area contributed by atoms with Gasteiger partial charge in [0, 0.05) is 25.3 Å². The Kier molecular flexibility index (Phi) is 4.29. The Labute approximate surface area is 116 Å². The van der Waals surface area contributed by atoms with E-state index in [2.05, 4.69) is 5.32 Å². The minimum absolute atomic E-state index is 0.0922. The van der Waals surface area contributed by atoms with Gasteiger partial charge in [0.2, 0.25) is 0 Å². The third-order valence-electron chi connectivity index (χ3n) is 2.80. The van der Waals surface area contributed by atoms with Crippen LogP contribution in [0.5, 0.6) is 11.5 Å². The smallest absolute Gasteiger partial charge is 0.321 e. The first-order chi connectivity index (χ1) is 9.56. The zero-order chi connectivity index (χ0) is 14.5. The summed E-state index contributed by atoms with van der Waals surface area (Å²) < 4.78 is 10.8. The van der Waals surface area contributed by atoms with E-state index in [9.17, 15) is 9.59 Å². The molecule has 1 aliphatic heterocycles. The minimum Gasteiger partial charge on any atom is -0.486 e. The third-order valence-corrected chi connectivity index (χ3v) is 2.80. The van der Waals surface area contributed by atoms with Gasteiger partial charge in [-0.25, -0.2) is 4.79 Å². The number of carbonyl (C=O) groups is 2. The molecule has 0 fully saturated rings. The van der Waals surface area contributed by atoms with Gasteiger partial charge in [-0.1, -0.05) is 0 Å². The summed E-state index contributed by atoms with van der Waals surface area (Å²) in [6.45, 7) is 1.13. The largest absolute Gasteiger partial charge is 0.486 e. The Balaban J connectivity index is 1.95. The second kappa shape index (κ2) is 6.14. The molecule has 1 aliphatic rings. The number of carboxylic acid groups (broad SMARTS) is 1. The molecule has 0 saturated heterocycles. The number of fused-ring (bicyclic) bond motifs is 1. The van der Waals surface area contributed by atoms with Gasteiger partial charge in [-0.05, 0) is 12.1 Å². The van der Waals surface area contributed by atoms with E-state index < -0.39 is 5.97 Å². The lowest BCUT2D eigenvalue weighted by Gasteiger charge is -2.20. The van der Waals surface area contributed by atoms with E-state index in [1.165, 1.54) is 11.9 Å². The summed E-state index contributed by atoms with van der Waals surface area (Å²) in [7, 11) is 1.54. The summed E-state index contributed by atoms with van der Waals surface area (Å²) in [6, 6.07) is 4.73. The molecule has 0 aliphatic carbocycles. The molecule has 7 nitrogen and oxygen atoms in total. The maximum Gasteiger partial charge on any atom is 0.321 e. The molecule has 1 heterocycles. The third kappa shape index (κ3) is 3.53. The molecule has 0 atom stereocenters. The summed E-state index contributed by atoms with van der Waals surface area (Å²) in [4.78, 5) is 23.6. The molecule has 0 saturated carbocycles. The summed E-state index contributed by atoms with van der Waals surface area (Å²) in [5, 5.41) is 11.3. The summed E-state index contributed by atoms with van der Waals surface area (Å²) in [6.07, 6.45) is -0.0922. The lowest BCUT2D eigenvalue weighted by atomic mass is 10.2. The normalized spacial score (nSPS) is 12.7. The van der Waals surface area contributed by atoms with Crippen LogP contribution in [0.1, 0.15) is 6.42 Å². The van der Waals surface area contributed by atoms with Gasteiger partial charge in [0.25, 0.3) is 0 Å². The van der Waals surface area contributed by atoms with Crippen molar-refractivity contribution in [1.29, 1.82) is 0 Å². The first kappa shape index (κ1) is 14.0. The Bertz CT molecular complexity index is 517. The molecule has 1 aromatic carbocycles. The first-order valence-electron chi connectivity index (χ1n) is 6.20. The van der Waals surface area contributed by atoms with Crippen LogP contribution < -0.4 is 14.8 Å². The highest BCUT2D eigenvalue weighted by Gasteiger charge is 2.14. The molecule has 0 aromatic heterocycles. The Morgan fingerprint density at radius 3 is 2.70 bits per heavy atom. The molecule has 2 N–H and O–H groups in total. The molecule has 2 rings (SSSR count). The second-order valence-electron chi connectivity index (χ2n) is 4.35. The number of nitrogens with zero attached hydrogens (tertiary/aromatic N) is 1. The van der Waals surface area contributed by atoms with Crippen LogP contribution >= 0.6 is 0 Å². The molecular formula is C13H16N2O5. The van der Waals surface area contributed by atoms with Crippen LogP contribution in [0, 0.1) is 0 Å². The average molecular weight is 280 g/mol. The van der Waals surface area contributed by atoms with Crippen LogP contribution in [-0.4, -0.2) is 48.8 Å². The van der Waals surface area contributed by atoms with Gasteiger partial charge in [-0.2, -0.15) is 0 Å². The van der Waals surface area contributed by atoms with Gasteiger partial charge in [0.05, 0.1) is 6.42 Å². The van der Waals surface area contributed by atoms with Crippen molar-refractivity contribution in [1.82, 2.24) is 4.90 Å². The van der Waals surface area contributed by atoms with E-state index in [1.807, 2.05) is 0 Å². The second-order valence-corrected chi connectivity index (χ2v) is 4.35. The highest BCUT2D eigenvalue weighted by Crippen LogP contribution is 2.32. The number of amides is 2. The number of urea groups is 1. The van der Waals surface area contributed by atoms with E-state index in [0.717, 1.165) is 0 Å². The molecule has 108 valence electrons. The Morgan fingerprint density at radius 2 is 2.00 bits per heavy atom. The summed E-state index contributed by atoms with van der Waals surface area (Å²) >= 11 is 0. The number of nitrogens with one attached hydrogen (secondary N) is 1. The van der Waals surface area contributed by atoms with Gasteiger partial charge in [-0.15, -0.1) is 0 Å². The highest BCUT2D eigenvalue weighted by atomic mass is 16.6. The van der Waals surface area contributed by atoms with Crippen molar-refractivity contribution in [2.24, 2.45) is 0 Å². The molecule has 20 heavy (non-hydrogen) atoms. The van der Waals surface area contributed by atoms with Gasteiger partial charge in [-0.3, -0.25) is 4.79 Å². The molecule has 7 heteroatoms. The first-order valence-corrected chi connectivity index (χ1v) is 6.20. The Hall–Kier alpha value is -2.44. The molecular weight excluding hydrogens is 264 g/mol. The number of carbonyl (C=O) groups excluding carboxylic acids is 1. The molecule has 0 bridgehead atoms. The lowest BCUT2D eigenvalue weighted by molar-refractivity contribution is -0.137. The number of hydrogen-bond donors (Lipinski definition) is 2. The maximum absolute atomic E-state index is 11.8. The zero-order valence-corrected chi connectivity index (χ0v) is 11.1. The number of anilines is 1. The Morgan fingerprint density at radius 1 is 1.30 bits per heavy atom. The van der Waals surface area contributed by atoms with Crippen LogP contribution in [0.25, 0.3) is 0 Å². The van der Waals surface area contributed by atoms with Crippen molar-refractivity contribution in [2.75, 3.05) is 32.1 Å². The molecule has 0 radical (unpaired) electrons. The van der Waals surface area contributed by atoms with E-state index >= 15 is 0 Å². The lowest BCUT2D eigenvalue weighted by Crippen LogP contribution is -2.33. The molecule has 1 aromatic rings. The van der Waals surface area contributed by atoms with Gasteiger partial charge < -0.3 is 24.8 Å². The van der Waals surface area contributed by atoms with Crippen molar-refractivity contribution < 1.29 is 24.2 Å². The highest BCUT2D eigenvalue weighted by molar-refractivity contribution is 5.89. The van der Waals surface area contributed by atoms with Gasteiger partial charge in [0.1, 0.15) is 13.2 Å². The van der Waals surface area contributed by atoms with Crippen LogP contribution in [0.3, 0.4) is 0 Å². The van der Waals surface area contributed by atoms with E-state index in [4.69, 9.17) is 14.6 Å². The number of ether oxygens (including phenoxy) is 2. The number of carboxylic acids is 1.